The van der Waals surface area contributed by atoms with Gasteiger partial charge in [0, 0.05) is 19.5 Å². The van der Waals surface area contributed by atoms with Gasteiger partial charge in [-0.2, -0.15) is 0 Å². The molecule has 7 heteroatoms. The molecule has 112 valence electrons. The minimum Gasteiger partial charge on any atom is -0.373 e. The highest BCUT2D eigenvalue weighted by Gasteiger charge is 2.40. The van der Waals surface area contributed by atoms with Crippen molar-refractivity contribution >= 4 is 40.7 Å². The second-order valence-corrected chi connectivity index (χ2v) is 7.34. The molecule has 4 nitrogen and oxygen atoms in total. The van der Waals surface area contributed by atoms with Gasteiger partial charge in [-0.15, -0.1) is 0 Å². The van der Waals surface area contributed by atoms with Gasteiger partial charge in [0.15, 0.2) is 0 Å². The van der Waals surface area contributed by atoms with Crippen LogP contribution >= 0.6 is 34.8 Å². The SMILES string of the molecule is CCCC(=O)N[C@H](N1C[C@@H](C)O[C@H](C)C1)C(Cl)(Cl)Cl. The lowest BCUT2D eigenvalue weighted by Crippen LogP contribution is -2.60. The summed E-state index contributed by atoms with van der Waals surface area (Å²) in [7, 11) is 0. The molecule has 0 aromatic heterocycles. The lowest BCUT2D eigenvalue weighted by Gasteiger charge is -2.42. The Morgan fingerprint density at radius 2 is 1.89 bits per heavy atom. The second kappa shape index (κ2) is 7.32. The summed E-state index contributed by atoms with van der Waals surface area (Å²) in [6.07, 6.45) is 0.634. The quantitative estimate of drug-likeness (QED) is 0.805. The smallest absolute Gasteiger partial charge is 0.223 e. The van der Waals surface area contributed by atoms with Crippen molar-refractivity contribution in [3.05, 3.63) is 0 Å². The van der Waals surface area contributed by atoms with Crippen molar-refractivity contribution in [3.8, 4) is 0 Å². The minimum absolute atomic E-state index is 0.0432. The summed E-state index contributed by atoms with van der Waals surface area (Å²) in [6.45, 7) is 7.10. The third kappa shape index (κ3) is 5.64. The predicted molar refractivity (Wildman–Crippen MR) is 78.7 cm³/mol. The van der Waals surface area contributed by atoms with E-state index in [4.69, 9.17) is 39.5 Å². The van der Waals surface area contributed by atoms with Crippen LogP contribution in [0.3, 0.4) is 0 Å². The van der Waals surface area contributed by atoms with Gasteiger partial charge >= 0.3 is 0 Å². The molecular formula is C12H21Cl3N2O2. The fourth-order valence-corrected chi connectivity index (χ4v) is 2.84. The molecule has 0 aromatic rings. The number of ether oxygens (including phenoxy) is 1. The summed E-state index contributed by atoms with van der Waals surface area (Å²) in [4.78, 5) is 13.7. The summed E-state index contributed by atoms with van der Waals surface area (Å²) in [5.74, 6) is -0.106. The summed E-state index contributed by atoms with van der Waals surface area (Å²) < 4.78 is 4.08. The monoisotopic (exact) mass is 330 g/mol. The molecule has 0 radical (unpaired) electrons. The van der Waals surface area contributed by atoms with E-state index in [9.17, 15) is 4.79 Å². The number of rotatable bonds is 4. The topological polar surface area (TPSA) is 41.6 Å². The second-order valence-electron chi connectivity index (χ2n) is 4.97. The highest BCUT2D eigenvalue weighted by Crippen LogP contribution is 2.33. The Bertz CT molecular complexity index is 300. The molecule has 19 heavy (non-hydrogen) atoms. The maximum Gasteiger partial charge on any atom is 0.223 e. The van der Waals surface area contributed by atoms with Gasteiger partial charge < -0.3 is 10.1 Å². The fraction of sp³-hybridized carbons (Fsp3) is 0.917. The molecule has 1 aliphatic rings. The number of hydrogen-bond donors (Lipinski definition) is 1. The number of nitrogens with one attached hydrogen (secondary N) is 1. The highest BCUT2D eigenvalue weighted by atomic mass is 35.6. The average Bonchev–Trinajstić information content (AvgIpc) is 2.23. The largest absolute Gasteiger partial charge is 0.373 e. The number of hydrogen-bond acceptors (Lipinski definition) is 3. The van der Waals surface area contributed by atoms with E-state index in [2.05, 4.69) is 5.32 Å². The van der Waals surface area contributed by atoms with Crippen LogP contribution in [0.5, 0.6) is 0 Å². The molecule has 1 aliphatic heterocycles. The first-order valence-corrected chi connectivity index (χ1v) is 7.63. The van der Waals surface area contributed by atoms with Crippen LogP contribution < -0.4 is 5.32 Å². The summed E-state index contributed by atoms with van der Waals surface area (Å²) >= 11 is 18.0. The zero-order chi connectivity index (χ0) is 14.6. The highest BCUT2D eigenvalue weighted by molar-refractivity contribution is 6.68. The van der Waals surface area contributed by atoms with Gasteiger partial charge in [0.25, 0.3) is 0 Å². The molecule has 0 bridgehead atoms. The third-order valence-corrected chi connectivity index (χ3v) is 3.52. The number of amides is 1. The lowest BCUT2D eigenvalue weighted by molar-refractivity contribution is -0.126. The number of carbonyl (C=O) groups excluding carboxylic acids is 1. The first-order valence-electron chi connectivity index (χ1n) is 6.49. The van der Waals surface area contributed by atoms with E-state index in [0.29, 0.717) is 19.5 Å². The first kappa shape index (κ1) is 17.3. The molecule has 1 saturated heterocycles. The van der Waals surface area contributed by atoms with Gasteiger partial charge in [0.05, 0.1) is 12.2 Å². The molecule has 0 unspecified atom stereocenters. The van der Waals surface area contributed by atoms with Crippen LogP contribution in [-0.2, 0) is 9.53 Å². The molecule has 0 aromatic carbocycles. The molecular weight excluding hydrogens is 311 g/mol. The third-order valence-electron chi connectivity index (χ3n) is 2.90. The van der Waals surface area contributed by atoms with Crippen LogP contribution in [0.4, 0.5) is 0 Å². The van der Waals surface area contributed by atoms with Crippen LogP contribution in [0.1, 0.15) is 33.6 Å². The molecule has 1 fully saturated rings. The molecule has 3 atom stereocenters. The fourth-order valence-electron chi connectivity index (χ4n) is 2.26. The molecule has 1 N–H and O–H groups in total. The van der Waals surface area contributed by atoms with Crippen molar-refractivity contribution < 1.29 is 9.53 Å². The molecule has 1 heterocycles. The van der Waals surface area contributed by atoms with Gasteiger partial charge in [-0.25, -0.2) is 0 Å². The standard InChI is InChI=1S/C12H21Cl3N2O2/c1-4-5-10(18)16-11(12(13,14)15)17-6-8(2)19-9(3)7-17/h8-9,11H,4-7H2,1-3H3,(H,16,18)/t8-,9-,11-/m1/s1. The van der Waals surface area contributed by atoms with Gasteiger partial charge in [0.2, 0.25) is 9.70 Å². The number of alkyl halides is 3. The van der Waals surface area contributed by atoms with Crippen molar-refractivity contribution in [1.29, 1.82) is 0 Å². The van der Waals surface area contributed by atoms with Crippen LogP contribution in [0.15, 0.2) is 0 Å². The normalized spacial score (nSPS) is 27.1. The van der Waals surface area contributed by atoms with Crippen molar-refractivity contribution in [1.82, 2.24) is 10.2 Å². The Morgan fingerprint density at radius 3 is 2.32 bits per heavy atom. The van der Waals surface area contributed by atoms with E-state index in [1.807, 2.05) is 25.7 Å². The van der Waals surface area contributed by atoms with Crippen molar-refractivity contribution in [2.24, 2.45) is 0 Å². The van der Waals surface area contributed by atoms with E-state index in [1.165, 1.54) is 0 Å². The zero-order valence-electron chi connectivity index (χ0n) is 11.5. The summed E-state index contributed by atoms with van der Waals surface area (Å²) in [5.41, 5.74) is 0. The molecule has 0 aliphatic carbocycles. The molecule has 0 saturated carbocycles. The first-order chi connectivity index (χ1) is 8.74. The van der Waals surface area contributed by atoms with Gasteiger partial charge in [0.1, 0.15) is 6.17 Å². The van der Waals surface area contributed by atoms with Crippen molar-refractivity contribution in [3.63, 3.8) is 0 Å². The number of carbonyl (C=O) groups is 1. The maximum atomic E-state index is 11.8. The zero-order valence-corrected chi connectivity index (χ0v) is 13.7. The summed E-state index contributed by atoms with van der Waals surface area (Å²) in [5, 5.41) is 2.80. The van der Waals surface area contributed by atoms with Gasteiger partial charge in [-0.1, -0.05) is 41.7 Å². The van der Waals surface area contributed by atoms with Crippen LogP contribution in [-0.4, -0.2) is 46.1 Å². The predicted octanol–water partition coefficient (Wildman–Crippen LogP) is 2.71. The molecule has 0 spiro atoms. The van der Waals surface area contributed by atoms with E-state index >= 15 is 0 Å². The van der Waals surface area contributed by atoms with Crippen LogP contribution in [0.25, 0.3) is 0 Å². The van der Waals surface area contributed by atoms with Crippen molar-refractivity contribution in [2.75, 3.05) is 13.1 Å². The number of nitrogens with zero attached hydrogens (tertiary/aromatic N) is 1. The van der Waals surface area contributed by atoms with E-state index in [1.54, 1.807) is 0 Å². The number of morpholine rings is 1. The van der Waals surface area contributed by atoms with E-state index in [0.717, 1.165) is 6.42 Å². The maximum absolute atomic E-state index is 11.8. The van der Waals surface area contributed by atoms with Crippen LogP contribution in [0, 0.1) is 0 Å². The Balaban J connectivity index is 2.76. The van der Waals surface area contributed by atoms with E-state index in [-0.39, 0.29) is 18.1 Å². The lowest BCUT2D eigenvalue weighted by atomic mass is 10.2. The van der Waals surface area contributed by atoms with E-state index < -0.39 is 9.96 Å². The van der Waals surface area contributed by atoms with Gasteiger partial charge in [-0.05, 0) is 20.3 Å². The Kier molecular flexibility index (Phi) is 6.67. The molecule has 1 amide bonds. The van der Waals surface area contributed by atoms with Gasteiger partial charge in [-0.3, -0.25) is 9.69 Å². The minimum atomic E-state index is -1.57. The van der Waals surface area contributed by atoms with Crippen molar-refractivity contribution in [2.45, 2.75) is 55.8 Å². The Morgan fingerprint density at radius 1 is 1.37 bits per heavy atom. The van der Waals surface area contributed by atoms with Crippen LogP contribution in [0.2, 0.25) is 0 Å². The summed E-state index contributed by atoms with van der Waals surface area (Å²) in [6, 6.07) is 0. The Hall–Kier alpha value is 0.260. The number of halogens is 3. The molecule has 1 rings (SSSR count). The Labute approximate surface area is 129 Å². The average molecular weight is 332 g/mol.